The van der Waals surface area contributed by atoms with Crippen molar-refractivity contribution >= 4 is 33.1 Å². The van der Waals surface area contributed by atoms with Crippen molar-refractivity contribution in [1.29, 1.82) is 0 Å². The number of methoxy groups -OCH3 is 1. The van der Waals surface area contributed by atoms with Crippen molar-refractivity contribution in [3.05, 3.63) is 47.3 Å². The Kier molecular flexibility index (Phi) is 3.27. The highest BCUT2D eigenvalue weighted by molar-refractivity contribution is 7.22. The average molecular weight is 299 g/mol. The van der Waals surface area contributed by atoms with Crippen LogP contribution in [0.1, 0.15) is 9.67 Å². The van der Waals surface area contributed by atoms with Gasteiger partial charge in [0.2, 0.25) is 0 Å². The van der Waals surface area contributed by atoms with Crippen LogP contribution in [0.25, 0.3) is 21.2 Å². The number of carboxylic acid groups (broad SMARTS) is 1. The summed E-state index contributed by atoms with van der Waals surface area (Å²) >= 11 is 1.21. The van der Waals surface area contributed by atoms with Crippen LogP contribution < -0.4 is 10.5 Å². The Balaban J connectivity index is 2.22. The molecule has 106 valence electrons. The highest BCUT2D eigenvalue weighted by atomic mass is 32.1. The van der Waals surface area contributed by atoms with Gasteiger partial charge in [0.05, 0.1) is 12.8 Å². The molecule has 3 N–H and O–H groups in total. The van der Waals surface area contributed by atoms with E-state index in [0.717, 1.165) is 27.0 Å². The molecule has 1 aromatic heterocycles. The number of aromatic carboxylic acids is 1. The molecule has 0 bridgehead atoms. The summed E-state index contributed by atoms with van der Waals surface area (Å²) in [6, 6.07) is 13.4. The zero-order chi connectivity index (χ0) is 15.0. The molecule has 0 saturated carbocycles. The Morgan fingerprint density at radius 1 is 1.19 bits per heavy atom. The van der Waals surface area contributed by atoms with Crippen molar-refractivity contribution in [2.75, 3.05) is 12.8 Å². The highest BCUT2D eigenvalue weighted by Gasteiger charge is 2.17. The van der Waals surface area contributed by atoms with Crippen molar-refractivity contribution in [2.24, 2.45) is 0 Å². The van der Waals surface area contributed by atoms with E-state index in [2.05, 4.69) is 0 Å². The molecule has 0 spiro atoms. The van der Waals surface area contributed by atoms with Crippen LogP contribution in [0.5, 0.6) is 5.75 Å². The van der Waals surface area contributed by atoms with E-state index in [0.29, 0.717) is 5.69 Å². The van der Waals surface area contributed by atoms with Crippen molar-refractivity contribution in [2.45, 2.75) is 0 Å². The molecule has 2 aromatic carbocycles. The molecule has 0 aliphatic heterocycles. The quantitative estimate of drug-likeness (QED) is 0.770. The van der Waals surface area contributed by atoms with Gasteiger partial charge < -0.3 is 15.6 Å². The number of rotatable bonds is 3. The maximum Gasteiger partial charge on any atom is 0.348 e. The van der Waals surface area contributed by atoms with Crippen LogP contribution in [-0.4, -0.2) is 18.2 Å². The number of anilines is 1. The predicted octanol–water partition coefficient (Wildman–Crippen LogP) is 3.86. The summed E-state index contributed by atoms with van der Waals surface area (Å²) in [7, 11) is 1.62. The van der Waals surface area contributed by atoms with E-state index in [1.165, 1.54) is 11.3 Å². The summed E-state index contributed by atoms with van der Waals surface area (Å²) in [6.45, 7) is 0. The number of carbonyl (C=O) groups is 1. The second-order valence-corrected chi connectivity index (χ2v) is 5.58. The first-order valence-electron chi connectivity index (χ1n) is 6.30. The second kappa shape index (κ2) is 5.10. The first-order chi connectivity index (χ1) is 10.1. The Morgan fingerprint density at radius 2 is 1.90 bits per heavy atom. The number of benzene rings is 2. The lowest BCUT2D eigenvalue weighted by atomic mass is 10.0. The smallest absolute Gasteiger partial charge is 0.348 e. The molecule has 3 rings (SSSR count). The Morgan fingerprint density at radius 3 is 2.52 bits per heavy atom. The first-order valence-corrected chi connectivity index (χ1v) is 7.12. The summed E-state index contributed by atoms with van der Waals surface area (Å²) < 4.78 is 6.04. The molecule has 1 heterocycles. The number of hydrogen-bond donors (Lipinski definition) is 2. The molecule has 0 saturated heterocycles. The molecule has 4 nitrogen and oxygen atoms in total. The van der Waals surface area contributed by atoms with Gasteiger partial charge in [-0.25, -0.2) is 4.79 Å². The van der Waals surface area contributed by atoms with Gasteiger partial charge in [-0.15, -0.1) is 11.3 Å². The van der Waals surface area contributed by atoms with Crippen LogP contribution in [0, 0.1) is 0 Å². The number of nitrogens with two attached hydrogens (primary N) is 1. The number of hydrogen-bond acceptors (Lipinski definition) is 4. The third kappa shape index (κ3) is 2.21. The monoisotopic (exact) mass is 299 g/mol. The van der Waals surface area contributed by atoms with Gasteiger partial charge in [0.1, 0.15) is 10.6 Å². The lowest BCUT2D eigenvalue weighted by Crippen LogP contribution is -1.96. The fraction of sp³-hybridized carbons (Fsp3) is 0.0625. The number of ether oxygens (including phenoxy) is 1. The summed E-state index contributed by atoms with van der Waals surface area (Å²) in [5, 5.41) is 9.99. The molecule has 0 aliphatic rings. The number of thiophene rings is 1. The SMILES string of the molecule is COc1ccc(-c2cccc3c(N)c(C(=O)O)sc23)cc1. The van der Waals surface area contributed by atoms with E-state index >= 15 is 0 Å². The first kappa shape index (κ1) is 13.5. The van der Waals surface area contributed by atoms with Crippen molar-refractivity contribution in [3.63, 3.8) is 0 Å². The molecular weight excluding hydrogens is 286 g/mol. The van der Waals surface area contributed by atoms with E-state index in [9.17, 15) is 9.90 Å². The van der Waals surface area contributed by atoms with E-state index in [-0.39, 0.29) is 4.88 Å². The molecule has 0 amide bonds. The van der Waals surface area contributed by atoms with Crippen LogP contribution in [0.3, 0.4) is 0 Å². The van der Waals surface area contributed by atoms with E-state index in [4.69, 9.17) is 10.5 Å². The summed E-state index contributed by atoms with van der Waals surface area (Å²) in [4.78, 5) is 11.4. The van der Waals surface area contributed by atoms with Crippen LogP contribution in [0.15, 0.2) is 42.5 Å². The van der Waals surface area contributed by atoms with E-state index in [1.54, 1.807) is 7.11 Å². The fourth-order valence-corrected chi connectivity index (χ4v) is 3.39. The Bertz CT molecular complexity index is 821. The van der Waals surface area contributed by atoms with Gasteiger partial charge in [-0.2, -0.15) is 0 Å². The molecular formula is C16H13NO3S. The van der Waals surface area contributed by atoms with Gasteiger partial charge in [-0.3, -0.25) is 0 Å². The van der Waals surface area contributed by atoms with Gasteiger partial charge in [0.25, 0.3) is 0 Å². The van der Waals surface area contributed by atoms with Crippen molar-refractivity contribution in [1.82, 2.24) is 0 Å². The molecule has 0 aliphatic carbocycles. The largest absolute Gasteiger partial charge is 0.497 e. The second-order valence-electron chi connectivity index (χ2n) is 4.56. The van der Waals surface area contributed by atoms with Gasteiger partial charge in [-0.1, -0.05) is 30.3 Å². The summed E-state index contributed by atoms with van der Waals surface area (Å²) in [5.74, 6) is -0.211. The zero-order valence-corrected chi connectivity index (χ0v) is 12.1. The van der Waals surface area contributed by atoms with Gasteiger partial charge in [0.15, 0.2) is 0 Å². The van der Waals surface area contributed by atoms with E-state index in [1.807, 2.05) is 42.5 Å². The van der Waals surface area contributed by atoms with E-state index < -0.39 is 5.97 Å². The molecule has 0 atom stereocenters. The van der Waals surface area contributed by atoms with Crippen LogP contribution in [0.2, 0.25) is 0 Å². The third-order valence-electron chi connectivity index (χ3n) is 3.35. The molecule has 0 fully saturated rings. The Hall–Kier alpha value is -2.53. The van der Waals surface area contributed by atoms with Gasteiger partial charge in [0, 0.05) is 10.1 Å². The van der Waals surface area contributed by atoms with Gasteiger partial charge in [-0.05, 0) is 23.3 Å². The zero-order valence-electron chi connectivity index (χ0n) is 11.3. The third-order valence-corrected chi connectivity index (χ3v) is 4.59. The fourth-order valence-electron chi connectivity index (χ4n) is 2.30. The minimum absolute atomic E-state index is 0.186. The lowest BCUT2D eigenvalue weighted by molar-refractivity contribution is 0.0703. The standard InChI is InChI=1S/C16H13NO3S/c1-20-10-7-5-9(6-8-10)11-3-2-4-12-13(17)15(16(18)19)21-14(11)12/h2-8H,17H2,1H3,(H,18,19). The number of fused-ring (bicyclic) bond motifs is 1. The predicted molar refractivity (Wildman–Crippen MR) is 85.2 cm³/mol. The topological polar surface area (TPSA) is 72.5 Å². The lowest BCUT2D eigenvalue weighted by Gasteiger charge is -2.05. The molecule has 5 heteroatoms. The van der Waals surface area contributed by atoms with Gasteiger partial charge >= 0.3 is 5.97 Å². The van der Waals surface area contributed by atoms with Crippen molar-refractivity contribution < 1.29 is 14.6 Å². The normalized spacial score (nSPS) is 10.7. The molecule has 21 heavy (non-hydrogen) atoms. The van der Waals surface area contributed by atoms with Crippen LogP contribution in [-0.2, 0) is 0 Å². The van der Waals surface area contributed by atoms with Crippen molar-refractivity contribution in [3.8, 4) is 16.9 Å². The summed E-state index contributed by atoms with van der Waals surface area (Å²) in [6.07, 6.45) is 0. The summed E-state index contributed by atoms with van der Waals surface area (Å²) in [5.41, 5.74) is 8.24. The maximum absolute atomic E-state index is 11.2. The molecule has 3 aromatic rings. The molecule has 0 radical (unpaired) electrons. The average Bonchev–Trinajstić information content (AvgIpc) is 2.85. The number of carboxylic acids is 1. The highest BCUT2D eigenvalue weighted by Crippen LogP contribution is 2.40. The number of nitrogen functional groups attached to an aromatic ring is 1. The Labute approximate surface area is 125 Å². The minimum Gasteiger partial charge on any atom is -0.497 e. The molecule has 0 unspecified atom stereocenters. The minimum atomic E-state index is -0.991. The maximum atomic E-state index is 11.2. The van der Waals surface area contributed by atoms with Crippen LogP contribution in [0.4, 0.5) is 5.69 Å². The van der Waals surface area contributed by atoms with Crippen LogP contribution >= 0.6 is 11.3 Å².